The van der Waals surface area contributed by atoms with E-state index in [0.29, 0.717) is 5.56 Å². The van der Waals surface area contributed by atoms with Crippen LogP contribution in [0.1, 0.15) is 5.56 Å². The van der Waals surface area contributed by atoms with Crippen LogP contribution in [-0.4, -0.2) is 25.6 Å². The van der Waals surface area contributed by atoms with Gasteiger partial charge < -0.3 is 10.9 Å². The second-order valence-electron chi connectivity index (χ2n) is 4.02. The fraction of sp³-hybridized carbons (Fsp3) is 0. The summed E-state index contributed by atoms with van der Waals surface area (Å²) in [5.74, 6) is 0.0921. The summed E-state index contributed by atoms with van der Waals surface area (Å²) in [5, 5.41) is 20.6. The van der Waals surface area contributed by atoms with Crippen LogP contribution < -0.4 is 5.73 Å². The van der Waals surface area contributed by atoms with Crippen LogP contribution in [0, 0.1) is 0 Å². The first kappa shape index (κ1) is 12.5. The summed E-state index contributed by atoms with van der Waals surface area (Å²) < 4.78 is 1.92. The van der Waals surface area contributed by atoms with E-state index in [-0.39, 0.29) is 5.84 Å². The first-order valence-electron chi connectivity index (χ1n) is 5.83. The van der Waals surface area contributed by atoms with E-state index in [0.717, 1.165) is 15.7 Å². The average Bonchev–Trinajstić information content (AvgIpc) is 2.91. The third-order valence-electron chi connectivity index (χ3n) is 2.75. The molecule has 0 bridgehead atoms. The average molecular weight is 285 g/mol. The Bertz CT molecular complexity index is 766. The molecular formula is C13H11N5OS. The van der Waals surface area contributed by atoms with Gasteiger partial charge in [-0.25, -0.2) is 0 Å². The summed E-state index contributed by atoms with van der Waals surface area (Å²) >= 11 is 1.50. The fourth-order valence-corrected chi connectivity index (χ4v) is 2.56. The first-order chi connectivity index (χ1) is 9.78. The van der Waals surface area contributed by atoms with Gasteiger partial charge in [0.15, 0.2) is 16.6 Å². The monoisotopic (exact) mass is 285 g/mol. The standard InChI is InChI=1S/C13H11N5OS/c14-12(17-19)9-4-6-10(7-5-9)20-13-16-15-11-3-1-2-8-18(11)13/h1-8,19H,(H2,14,17). The lowest BCUT2D eigenvalue weighted by Crippen LogP contribution is -2.12. The van der Waals surface area contributed by atoms with Gasteiger partial charge in [0.2, 0.25) is 0 Å². The Labute approximate surface area is 118 Å². The van der Waals surface area contributed by atoms with Crippen LogP contribution in [0.3, 0.4) is 0 Å². The summed E-state index contributed by atoms with van der Waals surface area (Å²) in [7, 11) is 0. The van der Waals surface area contributed by atoms with Gasteiger partial charge in [-0.1, -0.05) is 23.4 Å². The first-order valence-corrected chi connectivity index (χ1v) is 6.65. The van der Waals surface area contributed by atoms with Gasteiger partial charge in [0, 0.05) is 16.7 Å². The van der Waals surface area contributed by atoms with Gasteiger partial charge in [-0.05, 0) is 36.0 Å². The van der Waals surface area contributed by atoms with Crippen molar-refractivity contribution in [3.05, 3.63) is 54.2 Å². The number of fused-ring (bicyclic) bond motifs is 1. The van der Waals surface area contributed by atoms with E-state index in [4.69, 9.17) is 10.9 Å². The number of rotatable bonds is 3. The minimum atomic E-state index is 0.0921. The number of hydrogen-bond donors (Lipinski definition) is 2. The van der Waals surface area contributed by atoms with Gasteiger partial charge in [-0.15, -0.1) is 10.2 Å². The molecule has 0 atom stereocenters. The van der Waals surface area contributed by atoms with E-state index in [1.165, 1.54) is 11.8 Å². The fourth-order valence-electron chi connectivity index (χ4n) is 1.75. The lowest BCUT2D eigenvalue weighted by Gasteiger charge is -2.02. The van der Waals surface area contributed by atoms with E-state index >= 15 is 0 Å². The maximum atomic E-state index is 8.62. The highest BCUT2D eigenvalue weighted by Crippen LogP contribution is 2.26. The number of amidine groups is 1. The van der Waals surface area contributed by atoms with Crippen LogP contribution in [0.4, 0.5) is 0 Å². The number of nitrogens with two attached hydrogens (primary N) is 1. The highest BCUT2D eigenvalue weighted by Gasteiger charge is 2.07. The quantitative estimate of drug-likeness (QED) is 0.332. The maximum Gasteiger partial charge on any atom is 0.200 e. The van der Waals surface area contributed by atoms with Gasteiger partial charge in [0.25, 0.3) is 0 Å². The molecule has 1 aromatic carbocycles. The highest BCUT2D eigenvalue weighted by atomic mass is 32.2. The molecule has 0 saturated carbocycles. The third-order valence-corrected chi connectivity index (χ3v) is 3.72. The Balaban J connectivity index is 1.88. The summed E-state index contributed by atoms with van der Waals surface area (Å²) in [6.45, 7) is 0. The molecule has 0 radical (unpaired) electrons. The second kappa shape index (κ2) is 5.22. The van der Waals surface area contributed by atoms with Crippen molar-refractivity contribution in [3.8, 4) is 0 Å². The molecule has 6 nitrogen and oxygen atoms in total. The summed E-state index contributed by atoms with van der Waals surface area (Å²) in [5.41, 5.74) is 7.00. The number of pyridine rings is 1. The molecular weight excluding hydrogens is 274 g/mol. The normalized spacial score (nSPS) is 11.9. The molecule has 100 valence electrons. The molecule has 2 heterocycles. The summed E-state index contributed by atoms with van der Waals surface area (Å²) in [6, 6.07) is 13.1. The van der Waals surface area contributed by atoms with Gasteiger partial charge in [-0.3, -0.25) is 4.40 Å². The van der Waals surface area contributed by atoms with E-state index < -0.39 is 0 Å². The number of hydrogen-bond acceptors (Lipinski definition) is 5. The molecule has 2 aromatic heterocycles. The number of oxime groups is 1. The van der Waals surface area contributed by atoms with Crippen LogP contribution in [0.15, 0.2) is 63.9 Å². The molecule has 0 amide bonds. The van der Waals surface area contributed by atoms with Gasteiger partial charge in [0.1, 0.15) is 0 Å². The van der Waals surface area contributed by atoms with E-state index in [1.807, 2.05) is 40.9 Å². The molecule has 0 aliphatic carbocycles. The predicted octanol–water partition coefficient (Wildman–Crippen LogP) is 1.97. The van der Waals surface area contributed by atoms with Crippen molar-refractivity contribution in [1.29, 1.82) is 0 Å². The number of benzene rings is 1. The molecule has 3 rings (SSSR count). The highest BCUT2D eigenvalue weighted by molar-refractivity contribution is 7.99. The molecule has 20 heavy (non-hydrogen) atoms. The van der Waals surface area contributed by atoms with Crippen LogP contribution in [0.2, 0.25) is 0 Å². The van der Waals surface area contributed by atoms with Crippen LogP contribution in [0.25, 0.3) is 5.65 Å². The minimum absolute atomic E-state index is 0.0921. The Morgan fingerprint density at radius 2 is 1.95 bits per heavy atom. The van der Waals surface area contributed by atoms with Crippen LogP contribution in [-0.2, 0) is 0 Å². The van der Waals surface area contributed by atoms with Crippen molar-refractivity contribution in [2.24, 2.45) is 10.9 Å². The van der Waals surface area contributed by atoms with Crippen molar-refractivity contribution < 1.29 is 5.21 Å². The molecule has 0 aliphatic rings. The van der Waals surface area contributed by atoms with Gasteiger partial charge in [0.05, 0.1) is 0 Å². The van der Waals surface area contributed by atoms with E-state index in [9.17, 15) is 0 Å². The summed E-state index contributed by atoms with van der Waals surface area (Å²) in [4.78, 5) is 0.998. The summed E-state index contributed by atoms with van der Waals surface area (Å²) in [6.07, 6.45) is 1.92. The minimum Gasteiger partial charge on any atom is -0.409 e. The molecule has 7 heteroatoms. The Hall–Kier alpha value is -2.54. The van der Waals surface area contributed by atoms with Gasteiger partial charge in [-0.2, -0.15) is 0 Å². The number of aromatic nitrogens is 3. The third kappa shape index (κ3) is 2.30. The molecule has 0 aliphatic heterocycles. The van der Waals surface area contributed by atoms with E-state index in [2.05, 4.69) is 15.4 Å². The largest absolute Gasteiger partial charge is 0.409 e. The molecule has 0 fully saturated rings. The molecule has 0 saturated heterocycles. The lowest BCUT2D eigenvalue weighted by molar-refractivity contribution is 0.318. The Morgan fingerprint density at radius 1 is 1.15 bits per heavy atom. The topological polar surface area (TPSA) is 88.8 Å². The van der Waals surface area contributed by atoms with Crippen molar-refractivity contribution in [1.82, 2.24) is 14.6 Å². The SMILES string of the molecule is NC(=NO)c1ccc(Sc2nnc3ccccn23)cc1. The zero-order valence-electron chi connectivity index (χ0n) is 10.3. The Kier molecular flexibility index (Phi) is 3.26. The number of nitrogens with zero attached hydrogens (tertiary/aromatic N) is 4. The maximum absolute atomic E-state index is 8.62. The van der Waals surface area contributed by atoms with E-state index in [1.54, 1.807) is 12.1 Å². The zero-order valence-corrected chi connectivity index (χ0v) is 11.2. The van der Waals surface area contributed by atoms with Crippen LogP contribution >= 0.6 is 11.8 Å². The zero-order chi connectivity index (χ0) is 13.9. The predicted molar refractivity (Wildman–Crippen MR) is 76.1 cm³/mol. The lowest BCUT2D eigenvalue weighted by atomic mass is 10.2. The Morgan fingerprint density at radius 3 is 2.70 bits per heavy atom. The second-order valence-corrected chi connectivity index (χ2v) is 5.06. The van der Waals surface area contributed by atoms with Crippen molar-refractivity contribution in [2.45, 2.75) is 10.1 Å². The van der Waals surface area contributed by atoms with Crippen molar-refractivity contribution in [2.75, 3.05) is 0 Å². The molecule has 0 unspecified atom stereocenters. The van der Waals surface area contributed by atoms with Crippen molar-refractivity contribution >= 4 is 23.2 Å². The van der Waals surface area contributed by atoms with Crippen molar-refractivity contribution in [3.63, 3.8) is 0 Å². The smallest absolute Gasteiger partial charge is 0.200 e. The molecule has 3 N–H and O–H groups in total. The molecule has 0 spiro atoms. The van der Waals surface area contributed by atoms with Gasteiger partial charge >= 0.3 is 0 Å². The van der Waals surface area contributed by atoms with Crippen LogP contribution in [0.5, 0.6) is 0 Å². The molecule has 3 aromatic rings.